The fraction of sp³-hybridized carbons (Fsp3) is 0.214. The van der Waals surface area contributed by atoms with E-state index in [0.717, 1.165) is 0 Å². The third kappa shape index (κ3) is 1.79. The van der Waals surface area contributed by atoms with Crippen LogP contribution in [-0.2, 0) is 4.79 Å². The highest BCUT2D eigenvalue weighted by atomic mass is 16.5. The average Bonchev–Trinajstić information content (AvgIpc) is 2.97. The summed E-state index contributed by atoms with van der Waals surface area (Å²) in [6, 6.07) is 10.1. The zero-order valence-corrected chi connectivity index (χ0v) is 10.3. The SMILES string of the molecule is COc1ccc(N2C(=O)[C@@H](O)[C@H]2c2ccco2)cc1. The van der Waals surface area contributed by atoms with E-state index in [2.05, 4.69) is 0 Å². The second kappa shape index (κ2) is 4.44. The Morgan fingerprint density at radius 1 is 1.26 bits per heavy atom. The van der Waals surface area contributed by atoms with Gasteiger partial charge in [-0.05, 0) is 36.4 Å². The van der Waals surface area contributed by atoms with Gasteiger partial charge in [0.1, 0.15) is 17.6 Å². The van der Waals surface area contributed by atoms with Crippen LogP contribution in [0.3, 0.4) is 0 Å². The van der Waals surface area contributed by atoms with E-state index in [1.165, 1.54) is 11.2 Å². The summed E-state index contributed by atoms with van der Waals surface area (Å²) >= 11 is 0. The molecule has 1 fully saturated rings. The molecule has 1 amide bonds. The molecule has 5 heteroatoms. The zero-order chi connectivity index (χ0) is 13.4. The minimum Gasteiger partial charge on any atom is -0.497 e. The van der Waals surface area contributed by atoms with Crippen molar-refractivity contribution in [3.05, 3.63) is 48.4 Å². The molecule has 1 N–H and O–H groups in total. The molecule has 1 aliphatic rings. The van der Waals surface area contributed by atoms with E-state index >= 15 is 0 Å². The molecule has 1 saturated heterocycles. The number of nitrogens with zero attached hydrogens (tertiary/aromatic N) is 1. The first-order valence-corrected chi connectivity index (χ1v) is 5.91. The average molecular weight is 259 g/mol. The first kappa shape index (κ1) is 11.8. The van der Waals surface area contributed by atoms with Crippen LogP contribution >= 0.6 is 0 Å². The molecule has 2 atom stereocenters. The summed E-state index contributed by atoms with van der Waals surface area (Å²) in [7, 11) is 1.58. The van der Waals surface area contributed by atoms with Crippen molar-refractivity contribution in [2.75, 3.05) is 12.0 Å². The Bertz CT molecular complexity index is 576. The highest BCUT2D eigenvalue weighted by molar-refractivity contribution is 6.04. The first-order valence-electron chi connectivity index (χ1n) is 5.91. The number of benzene rings is 1. The van der Waals surface area contributed by atoms with Crippen LogP contribution in [0.2, 0.25) is 0 Å². The molecule has 0 spiro atoms. The molecule has 19 heavy (non-hydrogen) atoms. The molecule has 3 rings (SSSR count). The molecular weight excluding hydrogens is 246 g/mol. The number of methoxy groups -OCH3 is 1. The maximum Gasteiger partial charge on any atom is 0.259 e. The van der Waals surface area contributed by atoms with Crippen LogP contribution in [0.25, 0.3) is 0 Å². The number of carbonyl (C=O) groups is 1. The molecule has 2 heterocycles. The molecule has 2 aromatic rings. The highest BCUT2D eigenvalue weighted by Gasteiger charge is 2.49. The Morgan fingerprint density at radius 3 is 2.58 bits per heavy atom. The van der Waals surface area contributed by atoms with Gasteiger partial charge in [0, 0.05) is 5.69 Å². The van der Waals surface area contributed by atoms with Crippen LogP contribution in [0.15, 0.2) is 47.1 Å². The zero-order valence-electron chi connectivity index (χ0n) is 10.3. The van der Waals surface area contributed by atoms with Gasteiger partial charge in [0.05, 0.1) is 13.4 Å². The van der Waals surface area contributed by atoms with Crippen molar-refractivity contribution in [1.82, 2.24) is 0 Å². The quantitative estimate of drug-likeness (QED) is 0.853. The minimum atomic E-state index is -1.05. The largest absolute Gasteiger partial charge is 0.497 e. The van der Waals surface area contributed by atoms with E-state index in [0.29, 0.717) is 17.2 Å². The Labute approximate surface area is 110 Å². The highest BCUT2D eigenvalue weighted by Crippen LogP contribution is 2.39. The summed E-state index contributed by atoms with van der Waals surface area (Å²) < 4.78 is 10.4. The number of ether oxygens (including phenoxy) is 1. The summed E-state index contributed by atoms with van der Waals surface area (Å²) in [5.41, 5.74) is 0.706. The number of aliphatic hydroxyl groups is 1. The fourth-order valence-corrected chi connectivity index (χ4v) is 2.25. The van der Waals surface area contributed by atoms with Crippen molar-refractivity contribution < 1.29 is 19.1 Å². The van der Waals surface area contributed by atoms with Crippen molar-refractivity contribution in [1.29, 1.82) is 0 Å². The first-order chi connectivity index (χ1) is 9.22. The third-order valence-corrected chi connectivity index (χ3v) is 3.25. The molecule has 0 bridgehead atoms. The van der Waals surface area contributed by atoms with Gasteiger partial charge in [-0.25, -0.2) is 0 Å². The van der Waals surface area contributed by atoms with Gasteiger partial charge in [0.2, 0.25) is 0 Å². The van der Waals surface area contributed by atoms with Crippen molar-refractivity contribution in [3.8, 4) is 5.75 Å². The summed E-state index contributed by atoms with van der Waals surface area (Å²) in [5.74, 6) is 0.960. The van der Waals surface area contributed by atoms with Crippen molar-refractivity contribution in [3.63, 3.8) is 0 Å². The smallest absolute Gasteiger partial charge is 0.259 e. The summed E-state index contributed by atoms with van der Waals surface area (Å²) in [5, 5.41) is 9.80. The number of aliphatic hydroxyl groups excluding tert-OH is 1. The Morgan fingerprint density at radius 2 is 2.00 bits per heavy atom. The van der Waals surface area contributed by atoms with Gasteiger partial charge in [-0.15, -0.1) is 0 Å². The van der Waals surface area contributed by atoms with Crippen LogP contribution in [-0.4, -0.2) is 24.2 Å². The van der Waals surface area contributed by atoms with Crippen molar-refractivity contribution >= 4 is 11.6 Å². The fourth-order valence-electron chi connectivity index (χ4n) is 2.25. The molecule has 0 saturated carbocycles. The lowest BCUT2D eigenvalue weighted by atomic mass is 9.94. The summed E-state index contributed by atoms with van der Waals surface area (Å²) in [6.07, 6.45) is 0.477. The van der Waals surface area contributed by atoms with E-state index in [9.17, 15) is 9.90 Å². The van der Waals surface area contributed by atoms with E-state index < -0.39 is 12.1 Å². The van der Waals surface area contributed by atoms with Crippen LogP contribution in [0.4, 0.5) is 5.69 Å². The maximum atomic E-state index is 11.8. The number of hydrogen-bond acceptors (Lipinski definition) is 4. The van der Waals surface area contributed by atoms with Gasteiger partial charge >= 0.3 is 0 Å². The van der Waals surface area contributed by atoms with Crippen molar-refractivity contribution in [2.45, 2.75) is 12.1 Å². The molecule has 0 radical (unpaired) electrons. The normalized spacial score (nSPS) is 22.2. The van der Waals surface area contributed by atoms with E-state index in [1.54, 1.807) is 43.5 Å². The van der Waals surface area contributed by atoms with Gasteiger partial charge < -0.3 is 14.3 Å². The predicted molar refractivity (Wildman–Crippen MR) is 67.9 cm³/mol. The maximum absolute atomic E-state index is 11.8. The Hall–Kier alpha value is -2.27. The number of hydrogen-bond donors (Lipinski definition) is 1. The third-order valence-electron chi connectivity index (χ3n) is 3.25. The second-order valence-corrected chi connectivity index (χ2v) is 4.31. The molecule has 98 valence electrons. The van der Waals surface area contributed by atoms with Gasteiger partial charge in [-0.1, -0.05) is 0 Å². The monoisotopic (exact) mass is 259 g/mol. The Balaban J connectivity index is 1.91. The number of anilines is 1. The lowest BCUT2D eigenvalue weighted by Gasteiger charge is -2.43. The number of furan rings is 1. The standard InChI is InChI=1S/C14H13NO4/c1-18-10-6-4-9(5-7-10)15-12(13(16)14(15)17)11-3-2-8-19-11/h2-8,12-13,16H,1H3/t12-,13+/m1/s1. The second-order valence-electron chi connectivity index (χ2n) is 4.31. The lowest BCUT2D eigenvalue weighted by Crippen LogP contribution is -2.59. The molecule has 0 aliphatic carbocycles. The molecule has 5 nitrogen and oxygen atoms in total. The van der Waals surface area contributed by atoms with Crippen LogP contribution < -0.4 is 9.64 Å². The Kier molecular flexibility index (Phi) is 2.76. The van der Waals surface area contributed by atoms with Gasteiger partial charge in [0.15, 0.2) is 6.10 Å². The van der Waals surface area contributed by atoms with Crippen molar-refractivity contribution in [2.24, 2.45) is 0 Å². The number of amides is 1. The van der Waals surface area contributed by atoms with Crippen LogP contribution in [0.5, 0.6) is 5.75 Å². The van der Waals surface area contributed by atoms with Gasteiger partial charge in [-0.2, -0.15) is 0 Å². The molecular formula is C14H13NO4. The molecule has 1 aromatic heterocycles. The van der Waals surface area contributed by atoms with Crippen LogP contribution in [0.1, 0.15) is 11.8 Å². The van der Waals surface area contributed by atoms with Gasteiger partial charge in [-0.3, -0.25) is 9.69 Å². The minimum absolute atomic E-state index is 0.327. The van der Waals surface area contributed by atoms with E-state index in [4.69, 9.17) is 9.15 Å². The molecule has 1 aromatic carbocycles. The lowest BCUT2D eigenvalue weighted by molar-refractivity contribution is -0.137. The summed E-state index contributed by atoms with van der Waals surface area (Å²) in [6.45, 7) is 0. The number of β-lactam (4-membered cyclic amide) rings is 1. The van der Waals surface area contributed by atoms with Crippen LogP contribution in [0, 0.1) is 0 Å². The predicted octanol–water partition coefficient (Wildman–Crippen LogP) is 1.74. The van der Waals surface area contributed by atoms with E-state index in [1.807, 2.05) is 0 Å². The van der Waals surface area contributed by atoms with Gasteiger partial charge in [0.25, 0.3) is 5.91 Å². The number of rotatable bonds is 3. The molecule has 0 unspecified atom stereocenters. The summed E-state index contributed by atoms with van der Waals surface area (Å²) in [4.78, 5) is 13.3. The van der Waals surface area contributed by atoms with E-state index in [-0.39, 0.29) is 5.91 Å². The molecule has 1 aliphatic heterocycles. The number of carbonyl (C=O) groups excluding carboxylic acids is 1. The topological polar surface area (TPSA) is 62.9 Å².